The van der Waals surface area contributed by atoms with E-state index >= 15 is 0 Å². The monoisotopic (exact) mass is 233 g/mol. The molecule has 3 heteroatoms. The van der Waals surface area contributed by atoms with E-state index in [-0.39, 0.29) is 11.6 Å². The first-order chi connectivity index (χ1) is 8.20. The Morgan fingerprint density at radius 3 is 2.53 bits per heavy atom. The van der Waals surface area contributed by atoms with E-state index in [4.69, 9.17) is 4.74 Å². The summed E-state index contributed by atoms with van der Waals surface area (Å²) in [6, 6.07) is 10.2. The zero-order chi connectivity index (χ0) is 12.1. The quantitative estimate of drug-likeness (QED) is 0.811. The van der Waals surface area contributed by atoms with E-state index in [9.17, 15) is 4.79 Å². The van der Waals surface area contributed by atoms with Crippen LogP contribution < -0.4 is 5.32 Å². The number of piperidine rings is 1. The molecule has 17 heavy (non-hydrogen) atoms. The molecule has 3 nitrogen and oxygen atoms in total. The van der Waals surface area contributed by atoms with Gasteiger partial charge in [-0.3, -0.25) is 4.79 Å². The highest BCUT2D eigenvalue weighted by molar-refractivity contribution is 5.66. The lowest BCUT2D eigenvalue weighted by molar-refractivity contribution is -0.159. The average Bonchev–Trinajstić information content (AvgIpc) is 2.30. The molecule has 1 aromatic rings. The van der Waals surface area contributed by atoms with Crippen molar-refractivity contribution in [2.75, 3.05) is 13.1 Å². The first kappa shape index (κ1) is 12.1. The van der Waals surface area contributed by atoms with E-state index < -0.39 is 0 Å². The highest BCUT2D eigenvalue weighted by Crippen LogP contribution is 2.28. The number of hydrogen-bond acceptors (Lipinski definition) is 3. The molecule has 0 aromatic heterocycles. The van der Waals surface area contributed by atoms with E-state index in [1.807, 2.05) is 18.2 Å². The van der Waals surface area contributed by atoms with Crippen LogP contribution >= 0.6 is 0 Å². The Labute approximate surface area is 102 Å². The summed E-state index contributed by atoms with van der Waals surface area (Å²) in [6.07, 6.45) is 2.60. The van der Waals surface area contributed by atoms with Gasteiger partial charge in [0, 0.05) is 26.2 Å². The van der Waals surface area contributed by atoms with Gasteiger partial charge in [0.25, 0.3) is 0 Å². The van der Waals surface area contributed by atoms with Crippen molar-refractivity contribution in [1.82, 2.24) is 5.32 Å². The average molecular weight is 233 g/mol. The number of rotatable bonds is 3. The van der Waals surface area contributed by atoms with Crippen LogP contribution in [-0.4, -0.2) is 24.7 Å². The van der Waals surface area contributed by atoms with Crippen molar-refractivity contribution in [2.45, 2.75) is 31.8 Å². The molecule has 1 saturated heterocycles. The maximum atomic E-state index is 11.3. The van der Waals surface area contributed by atoms with Crippen LogP contribution in [0.2, 0.25) is 0 Å². The number of hydrogen-bond donors (Lipinski definition) is 1. The van der Waals surface area contributed by atoms with E-state index in [0.29, 0.717) is 0 Å². The molecule has 92 valence electrons. The van der Waals surface area contributed by atoms with Crippen molar-refractivity contribution in [3.8, 4) is 0 Å². The Kier molecular flexibility index (Phi) is 3.79. The summed E-state index contributed by atoms with van der Waals surface area (Å²) < 4.78 is 5.60. The zero-order valence-corrected chi connectivity index (χ0v) is 10.2. The van der Waals surface area contributed by atoms with Crippen LogP contribution in [-0.2, 0) is 16.0 Å². The van der Waals surface area contributed by atoms with Gasteiger partial charge in [0.05, 0.1) is 0 Å². The van der Waals surface area contributed by atoms with Crippen LogP contribution in [0.3, 0.4) is 0 Å². The van der Waals surface area contributed by atoms with Crippen LogP contribution in [0.1, 0.15) is 25.3 Å². The molecule has 1 N–H and O–H groups in total. The lowest BCUT2D eigenvalue weighted by Crippen LogP contribution is -2.46. The van der Waals surface area contributed by atoms with Crippen molar-refractivity contribution in [1.29, 1.82) is 0 Å². The number of nitrogens with one attached hydrogen (secondary N) is 1. The highest BCUT2D eigenvalue weighted by Gasteiger charge is 2.35. The summed E-state index contributed by atoms with van der Waals surface area (Å²) >= 11 is 0. The molecule has 0 bridgehead atoms. The minimum atomic E-state index is -0.307. The third-order valence-corrected chi connectivity index (χ3v) is 3.24. The third-order valence-electron chi connectivity index (χ3n) is 3.24. The molecule has 0 aliphatic carbocycles. The molecule has 1 fully saturated rings. The number of carbonyl (C=O) groups is 1. The Morgan fingerprint density at radius 1 is 1.29 bits per heavy atom. The normalized spacial score (nSPS) is 18.6. The number of benzene rings is 1. The van der Waals surface area contributed by atoms with E-state index in [2.05, 4.69) is 17.4 Å². The zero-order valence-electron chi connectivity index (χ0n) is 10.2. The van der Waals surface area contributed by atoms with E-state index in [1.54, 1.807) is 0 Å². The van der Waals surface area contributed by atoms with E-state index in [1.165, 1.54) is 12.5 Å². The summed E-state index contributed by atoms with van der Waals surface area (Å²) in [5, 5.41) is 3.31. The standard InChI is InChI=1S/C14H19NO2/c1-12(16)17-14(7-9-15-10-8-14)11-13-5-3-2-4-6-13/h2-6,15H,7-11H2,1H3. The Bertz CT molecular complexity index is 369. The molecular weight excluding hydrogens is 214 g/mol. The van der Waals surface area contributed by atoms with Gasteiger partial charge in [0.1, 0.15) is 5.60 Å². The van der Waals surface area contributed by atoms with Crippen molar-refractivity contribution in [2.24, 2.45) is 0 Å². The lowest BCUT2D eigenvalue weighted by atomic mass is 9.85. The predicted molar refractivity (Wildman–Crippen MR) is 66.7 cm³/mol. The van der Waals surface area contributed by atoms with Gasteiger partial charge in [-0.2, -0.15) is 0 Å². The molecule has 1 aliphatic rings. The topological polar surface area (TPSA) is 38.3 Å². The van der Waals surface area contributed by atoms with Gasteiger partial charge < -0.3 is 10.1 Å². The fourth-order valence-electron chi connectivity index (χ4n) is 2.47. The smallest absolute Gasteiger partial charge is 0.303 e. The molecule has 1 aliphatic heterocycles. The Balaban J connectivity index is 2.12. The second kappa shape index (κ2) is 5.32. The first-order valence-corrected chi connectivity index (χ1v) is 6.14. The summed E-state index contributed by atoms with van der Waals surface area (Å²) in [5.41, 5.74) is 0.925. The maximum Gasteiger partial charge on any atom is 0.303 e. The van der Waals surface area contributed by atoms with Crippen molar-refractivity contribution < 1.29 is 9.53 Å². The number of carbonyl (C=O) groups excluding carboxylic acids is 1. The van der Waals surface area contributed by atoms with Crippen LogP contribution in [0, 0.1) is 0 Å². The SMILES string of the molecule is CC(=O)OC1(Cc2ccccc2)CCNCC1. The van der Waals surface area contributed by atoms with Crippen molar-refractivity contribution >= 4 is 5.97 Å². The molecule has 1 heterocycles. The van der Waals surface area contributed by atoms with Gasteiger partial charge in [-0.25, -0.2) is 0 Å². The van der Waals surface area contributed by atoms with Gasteiger partial charge in [-0.15, -0.1) is 0 Å². The van der Waals surface area contributed by atoms with Gasteiger partial charge >= 0.3 is 5.97 Å². The second-order valence-electron chi connectivity index (χ2n) is 4.69. The molecule has 0 radical (unpaired) electrons. The largest absolute Gasteiger partial charge is 0.459 e. The summed E-state index contributed by atoms with van der Waals surface area (Å²) in [4.78, 5) is 11.3. The molecule has 0 unspecified atom stereocenters. The summed E-state index contributed by atoms with van der Waals surface area (Å²) in [7, 11) is 0. The van der Waals surface area contributed by atoms with Crippen molar-refractivity contribution in [3.63, 3.8) is 0 Å². The fourth-order valence-corrected chi connectivity index (χ4v) is 2.47. The molecular formula is C14H19NO2. The van der Waals surface area contributed by atoms with Gasteiger partial charge in [-0.1, -0.05) is 30.3 Å². The number of ether oxygens (including phenoxy) is 1. The summed E-state index contributed by atoms with van der Waals surface area (Å²) in [5.74, 6) is -0.178. The minimum absolute atomic E-state index is 0.178. The fraction of sp³-hybridized carbons (Fsp3) is 0.500. The minimum Gasteiger partial charge on any atom is -0.459 e. The molecule has 2 rings (SSSR count). The maximum absolute atomic E-state index is 11.3. The Hall–Kier alpha value is -1.35. The van der Waals surface area contributed by atoms with Crippen LogP contribution in [0.25, 0.3) is 0 Å². The second-order valence-corrected chi connectivity index (χ2v) is 4.69. The highest BCUT2D eigenvalue weighted by atomic mass is 16.6. The van der Waals surface area contributed by atoms with Gasteiger partial charge in [-0.05, 0) is 18.7 Å². The Morgan fingerprint density at radius 2 is 1.94 bits per heavy atom. The van der Waals surface area contributed by atoms with Gasteiger partial charge in [0.15, 0.2) is 0 Å². The predicted octanol–water partition coefficient (Wildman–Crippen LogP) is 1.91. The van der Waals surface area contributed by atoms with E-state index in [0.717, 1.165) is 32.4 Å². The first-order valence-electron chi connectivity index (χ1n) is 6.14. The molecule has 0 atom stereocenters. The van der Waals surface area contributed by atoms with Crippen LogP contribution in [0.15, 0.2) is 30.3 Å². The van der Waals surface area contributed by atoms with Crippen molar-refractivity contribution in [3.05, 3.63) is 35.9 Å². The molecule has 0 spiro atoms. The van der Waals surface area contributed by atoms with Crippen LogP contribution in [0.4, 0.5) is 0 Å². The number of esters is 1. The molecule has 0 amide bonds. The molecule has 1 aromatic carbocycles. The summed E-state index contributed by atoms with van der Waals surface area (Å²) in [6.45, 7) is 3.33. The van der Waals surface area contributed by atoms with Crippen LogP contribution in [0.5, 0.6) is 0 Å². The molecule has 0 saturated carbocycles. The third kappa shape index (κ3) is 3.30. The van der Waals surface area contributed by atoms with Gasteiger partial charge in [0.2, 0.25) is 0 Å². The lowest BCUT2D eigenvalue weighted by Gasteiger charge is -2.37.